The Hall–Kier alpha value is -2.00. The average Bonchev–Trinajstić information content (AvgIpc) is 2.98. The van der Waals surface area contributed by atoms with Crippen molar-refractivity contribution in [1.82, 2.24) is 0 Å². The minimum Gasteiger partial charge on any atom is -0.258 e. The number of aryl methyl sites for hydroxylation is 1. The van der Waals surface area contributed by atoms with E-state index in [0.29, 0.717) is 18.4 Å². The van der Waals surface area contributed by atoms with Gasteiger partial charge in [-0.25, -0.2) is 4.79 Å². The first-order valence-electron chi connectivity index (χ1n) is 4.94. The van der Waals surface area contributed by atoms with Crippen molar-refractivity contribution in [2.45, 2.75) is 25.3 Å². The van der Waals surface area contributed by atoms with Gasteiger partial charge in [-0.15, -0.1) is 0 Å². The van der Waals surface area contributed by atoms with Gasteiger partial charge in [0.25, 0.3) is 5.69 Å². The zero-order chi connectivity index (χ0) is 11.8. The van der Waals surface area contributed by atoms with Crippen molar-refractivity contribution >= 4 is 11.8 Å². The Bertz CT molecular complexity index is 500. The molecule has 1 saturated carbocycles. The number of nitro groups is 1. The molecule has 0 N–H and O–H groups in total. The molecule has 0 aromatic heterocycles. The maximum Gasteiger partial charge on any atom is 0.275 e. The number of nitro benzene ring substituents is 1. The van der Waals surface area contributed by atoms with Crippen molar-refractivity contribution in [2.24, 2.45) is 4.99 Å². The van der Waals surface area contributed by atoms with Crippen LogP contribution in [-0.2, 0) is 10.3 Å². The highest BCUT2D eigenvalue weighted by atomic mass is 16.6. The highest BCUT2D eigenvalue weighted by Gasteiger charge is 2.49. The standard InChI is InChI=1S/C11H10N2O3/c1-8-3-2-4-9(13(15)16)10(8)11(5-6-11)12-7-14/h2-4H,5-6H2,1H3. The van der Waals surface area contributed by atoms with Crippen molar-refractivity contribution < 1.29 is 9.72 Å². The predicted octanol–water partition coefficient (Wildman–Crippen LogP) is 2.23. The first-order valence-corrected chi connectivity index (χ1v) is 4.94. The van der Waals surface area contributed by atoms with Crippen molar-refractivity contribution in [2.75, 3.05) is 0 Å². The fraction of sp³-hybridized carbons (Fsp3) is 0.364. The fourth-order valence-corrected chi connectivity index (χ4v) is 2.03. The summed E-state index contributed by atoms with van der Waals surface area (Å²) < 4.78 is 0. The van der Waals surface area contributed by atoms with E-state index in [1.54, 1.807) is 19.1 Å². The van der Waals surface area contributed by atoms with E-state index < -0.39 is 10.5 Å². The van der Waals surface area contributed by atoms with Gasteiger partial charge in [0, 0.05) is 6.07 Å². The number of rotatable bonds is 3. The van der Waals surface area contributed by atoms with E-state index in [1.165, 1.54) is 12.1 Å². The molecule has 1 aliphatic carbocycles. The molecule has 1 aromatic rings. The second-order valence-electron chi connectivity index (χ2n) is 3.96. The lowest BCUT2D eigenvalue weighted by molar-refractivity contribution is -0.385. The van der Waals surface area contributed by atoms with Crippen LogP contribution in [0.5, 0.6) is 0 Å². The molecule has 0 aliphatic heterocycles. The van der Waals surface area contributed by atoms with Crippen LogP contribution < -0.4 is 0 Å². The zero-order valence-corrected chi connectivity index (χ0v) is 8.77. The van der Waals surface area contributed by atoms with Crippen molar-refractivity contribution in [3.63, 3.8) is 0 Å². The van der Waals surface area contributed by atoms with Crippen LogP contribution in [0.1, 0.15) is 24.0 Å². The summed E-state index contributed by atoms with van der Waals surface area (Å²) in [5, 5.41) is 10.9. The Kier molecular flexibility index (Phi) is 2.33. The Morgan fingerprint density at radius 1 is 1.50 bits per heavy atom. The second kappa shape index (κ2) is 3.54. The van der Waals surface area contributed by atoms with Gasteiger partial charge in [0.2, 0.25) is 6.08 Å². The molecule has 82 valence electrons. The SMILES string of the molecule is Cc1cccc([N+](=O)[O-])c1C1(N=C=O)CC1. The van der Waals surface area contributed by atoms with E-state index in [1.807, 2.05) is 0 Å². The predicted molar refractivity (Wildman–Crippen MR) is 56.9 cm³/mol. The zero-order valence-electron chi connectivity index (χ0n) is 8.77. The molecule has 0 saturated heterocycles. The summed E-state index contributed by atoms with van der Waals surface area (Å²) in [6, 6.07) is 4.88. The Morgan fingerprint density at radius 2 is 2.19 bits per heavy atom. The van der Waals surface area contributed by atoms with E-state index >= 15 is 0 Å². The van der Waals surface area contributed by atoms with Crippen LogP contribution in [0.15, 0.2) is 23.2 Å². The average molecular weight is 218 g/mol. The van der Waals surface area contributed by atoms with Crippen LogP contribution in [0.25, 0.3) is 0 Å². The number of nitrogens with zero attached hydrogens (tertiary/aromatic N) is 2. The van der Waals surface area contributed by atoms with Crippen LogP contribution >= 0.6 is 0 Å². The molecule has 5 heteroatoms. The molecule has 1 aliphatic rings. The van der Waals surface area contributed by atoms with Crippen LogP contribution in [0.3, 0.4) is 0 Å². The molecule has 0 amide bonds. The van der Waals surface area contributed by atoms with Gasteiger partial charge in [-0.3, -0.25) is 10.1 Å². The number of benzene rings is 1. The topological polar surface area (TPSA) is 72.6 Å². The quantitative estimate of drug-likeness (QED) is 0.338. The number of hydrogen-bond donors (Lipinski definition) is 0. The van der Waals surface area contributed by atoms with Crippen molar-refractivity contribution in [3.8, 4) is 0 Å². The van der Waals surface area contributed by atoms with Gasteiger partial charge in [-0.05, 0) is 25.3 Å². The molecule has 0 bridgehead atoms. The minimum atomic E-state index is -0.685. The first-order chi connectivity index (χ1) is 7.60. The Morgan fingerprint density at radius 3 is 2.69 bits per heavy atom. The van der Waals surface area contributed by atoms with Crippen LogP contribution in [0.2, 0.25) is 0 Å². The van der Waals surface area contributed by atoms with Crippen LogP contribution in [0, 0.1) is 17.0 Å². The maximum absolute atomic E-state index is 10.9. The normalized spacial score (nSPS) is 16.3. The van der Waals surface area contributed by atoms with Crippen LogP contribution in [0.4, 0.5) is 5.69 Å². The Labute approximate surface area is 92.0 Å². The molecule has 5 nitrogen and oxygen atoms in total. The van der Waals surface area contributed by atoms with Gasteiger partial charge in [-0.2, -0.15) is 4.99 Å². The third kappa shape index (κ3) is 1.51. The second-order valence-corrected chi connectivity index (χ2v) is 3.96. The minimum absolute atomic E-state index is 0.0384. The fourth-order valence-electron chi connectivity index (χ4n) is 2.03. The van der Waals surface area contributed by atoms with Crippen molar-refractivity contribution in [1.29, 1.82) is 0 Å². The molecule has 1 fully saturated rings. The number of hydrogen-bond acceptors (Lipinski definition) is 4. The van der Waals surface area contributed by atoms with E-state index in [0.717, 1.165) is 5.56 Å². The lowest BCUT2D eigenvalue weighted by atomic mass is 9.97. The molecular weight excluding hydrogens is 208 g/mol. The van der Waals surface area contributed by atoms with Crippen molar-refractivity contribution in [3.05, 3.63) is 39.4 Å². The molecular formula is C11H10N2O3. The van der Waals surface area contributed by atoms with Gasteiger partial charge in [0.15, 0.2) is 0 Å². The molecule has 2 rings (SSSR count). The molecule has 0 spiro atoms. The summed E-state index contributed by atoms with van der Waals surface area (Å²) in [4.78, 5) is 24.6. The number of isocyanates is 1. The number of aliphatic imine (C=N–C) groups is 1. The summed E-state index contributed by atoms with van der Waals surface area (Å²) in [5.74, 6) is 0. The lowest BCUT2D eigenvalue weighted by Crippen LogP contribution is -2.08. The number of carbonyl (C=O) groups excluding carboxylic acids is 1. The largest absolute Gasteiger partial charge is 0.275 e. The summed E-state index contributed by atoms with van der Waals surface area (Å²) >= 11 is 0. The molecule has 0 radical (unpaired) electrons. The first kappa shape index (κ1) is 10.5. The highest BCUT2D eigenvalue weighted by molar-refractivity contribution is 5.54. The van der Waals surface area contributed by atoms with Crippen LogP contribution in [-0.4, -0.2) is 11.0 Å². The van der Waals surface area contributed by atoms with E-state index in [9.17, 15) is 14.9 Å². The van der Waals surface area contributed by atoms with Gasteiger partial charge >= 0.3 is 0 Å². The third-order valence-corrected chi connectivity index (χ3v) is 2.90. The monoisotopic (exact) mass is 218 g/mol. The summed E-state index contributed by atoms with van der Waals surface area (Å²) in [6.45, 7) is 1.79. The summed E-state index contributed by atoms with van der Waals surface area (Å²) in [7, 11) is 0. The molecule has 0 heterocycles. The Balaban J connectivity index is 2.63. The third-order valence-electron chi connectivity index (χ3n) is 2.90. The highest BCUT2D eigenvalue weighted by Crippen LogP contribution is 2.53. The van der Waals surface area contributed by atoms with E-state index in [-0.39, 0.29) is 5.69 Å². The summed E-state index contributed by atoms with van der Waals surface area (Å²) in [5.41, 5.74) is 0.709. The van der Waals surface area contributed by atoms with E-state index in [4.69, 9.17) is 0 Å². The van der Waals surface area contributed by atoms with Gasteiger partial charge < -0.3 is 0 Å². The maximum atomic E-state index is 10.9. The molecule has 16 heavy (non-hydrogen) atoms. The smallest absolute Gasteiger partial charge is 0.258 e. The van der Waals surface area contributed by atoms with Gasteiger partial charge in [-0.1, -0.05) is 12.1 Å². The van der Waals surface area contributed by atoms with E-state index in [2.05, 4.69) is 4.99 Å². The summed E-state index contributed by atoms with van der Waals surface area (Å²) in [6.07, 6.45) is 2.86. The molecule has 1 aromatic carbocycles. The molecule has 0 unspecified atom stereocenters. The van der Waals surface area contributed by atoms with Gasteiger partial charge in [0.05, 0.1) is 10.5 Å². The van der Waals surface area contributed by atoms with Gasteiger partial charge in [0.1, 0.15) is 5.54 Å². The molecule has 0 atom stereocenters. The lowest BCUT2D eigenvalue weighted by Gasteiger charge is -2.11.